The van der Waals surface area contributed by atoms with Crippen molar-refractivity contribution >= 4 is 23.6 Å². The molecule has 0 unspecified atom stereocenters. The van der Waals surface area contributed by atoms with Crippen molar-refractivity contribution in [2.24, 2.45) is 5.92 Å². The highest BCUT2D eigenvalue weighted by Crippen LogP contribution is 2.34. The Labute approximate surface area is 210 Å². The summed E-state index contributed by atoms with van der Waals surface area (Å²) in [4.78, 5) is 40.2. The molecule has 4 rings (SSSR count). The summed E-state index contributed by atoms with van der Waals surface area (Å²) in [6.45, 7) is 8.60. The van der Waals surface area contributed by atoms with E-state index in [0.717, 1.165) is 6.42 Å². The molecule has 1 atom stereocenters. The van der Waals surface area contributed by atoms with E-state index in [9.17, 15) is 14.4 Å². The average molecular weight is 494 g/mol. The van der Waals surface area contributed by atoms with Crippen molar-refractivity contribution in [3.63, 3.8) is 0 Å². The first-order chi connectivity index (χ1) is 17.3. The van der Waals surface area contributed by atoms with Gasteiger partial charge in [-0.15, -0.1) is 0 Å². The van der Waals surface area contributed by atoms with Gasteiger partial charge < -0.3 is 24.8 Å². The number of hydrogen-bond donors (Lipinski definition) is 2. The Kier molecular flexibility index (Phi) is 7.47. The van der Waals surface area contributed by atoms with Gasteiger partial charge in [0, 0.05) is 23.5 Å². The second kappa shape index (κ2) is 10.7. The van der Waals surface area contributed by atoms with Crippen molar-refractivity contribution in [2.75, 3.05) is 25.3 Å². The minimum atomic E-state index is -0.663. The maximum Gasteiger partial charge on any atom is 0.338 e. The molecule has 0 aliphatic carbocycles. The normalized spacial score (nSPS) is 16.8. The second-order valence-electron chi connectivity index (χ2n) is 9.17. The predicted molar refractivity (Wildman–Crippen MR) is 134 cm³/mol. The first kappa shape index (κ1) is 25.1. The number of carbonyl (C=O) groups excluding carboxylic acids is 3. The molecule has 0 bridgehead atoms. The number of urea groups is 1. The summed E-state index contributed by atoms with van der Waals surface area (Å²) < 4.78 is 16.2. The third-order valence-corrected chi connectivity index (χ3v) is 5.95. The summed E-state index contributed by atoms with van der Waals surface area (Å²) in [5.74, 6) is 0.575. The molecule has 36 heavy (non-hydrogen) atoms. The van der Waals surface area contributed by atoms with Crippen molar-refractivity contribution in [3.8, 4) is 11.5 Å². The third-order valence-electron chi connectivity index (χ3n) is 5.95. The van der Waals surface area contributed by atoms with Crippen LogP contribution in [0.1, 0.15) is 56.1 Å². The Morgan fingerprint density at radius 2 is 1.86 bits per heavy atom. The van der Waals surface area contributed by atoms with Crippen LogP contribution in [-0.4, -0.2) is 42.8 Å². The summed E-state index contributed by atoms with van der Waals surface area (Å²) in [6, 6.07) is 11.1. The molecule has 2 N–H and O–H groups in total. The minimum Gasteiger partial charge on any atom is -0.462 e. The van der Waals surface area contributed by atoms with Crippen LogP contribution in [0.5, 0.6) is 11.5 Å². The zero-order valence-electron chi connectivity index (χ0n) is 20.9. The zero-order valence-corrected chi connectivity index (χ0v) is 20.9. The van der Waals surface area contributed by atoms with E-state index in [2.05, 4.69) is 10.6 Å². The number of hydrogen-bond acceptors (Lipinski definition) is 6. The van der Waals surface area contributed by atoms with Gasteiger partial charge in [0.1, 0.15) is 0 Å². The maximum absolute atomic E-state index is 13.1. The van der Waals surface area contributed by atoms with Gasteiger partial charge >= 0.3 is 12.0 Å². The van der Waals surface area contributed by atoms with Crippen LogP contribution in [0.15, 0.2) is 53.7 Å². The number of ether oxygens (including phenoxy) is 3. The summed E-state index contributed by atoms with van der Waals surface area (Å²) in [5, 5.41) is 5.79. The van der Waals surface area contributed by atoms with Gasteiger partial charge in [0.15, 0.2) is 11.5 Å². The molecule has 2 heterocycles. The van der Waals surface area contributed by atoms with E-state index < -0.39 is 12.0 Å². The van der Waals surface area contributed by atoms with Crippen LogP contribution in [0, 0.1) is 5.92 Å². The fourth-order valence-corrected chi connectivity index (χ4v) is 4.11. The summed E-state index contributed by atoms with van der Waals surface area (Å²) in [5.41, 5.74) is 2.70. The summed E-state index contributed by atoms with van der Waals surface area (Å²) in [6.07, 6.45) is 0.752. The number of rotatable bonds is 8. The van der Waals surface area contributed by atoms with Crippen LogP contribution in [-0.2, 0) is 9.53 Å². The number of amides is 3. The lowest BCUT2D eigenvalue weighted by Gasteiger charge is -2.35. The monoisotopic (exact) mass is 493 g/mol. The fourth-order valence-electron chi connectivity index (χ4n) is 4.11. The van der Waals surface area contributed by atoms with Gasteiger partial charge in [0.2, 0.25) is 6.79 Å². The van der Waals surface area contributed by atoms with Gasteiger partial charge in [0.25, 0.3) is 5.91 Å². The zero-order chi connectivity index (χ0) is 25.8. The Morgan fingerprint density at radius 3 is 2.56 bits per heavy atom. The Morgan fingerprint density at radius 1 is 1.14 bits per heavy atom. The Balaban J connectivity index is 1.55. The molecule has 2 aliphatic heterocycles. The number of benzene rings is 2. The fraction of sp³-hybridized carbons (Fsp3) is 0.370. The van der Waals surface area contributed by atoms with Crippen LogP contribution >= 0.6 is 0 Å². The molecule has 9 heteroatoms. The van der Waals surface area contributed by atoms with E-state index in [4.69, 9.17) is 14.2 Å². The van der Waals surface area contributed by atoms with Crippen molar-refractivity contribution in [3.05, 3.63) is 64.9 Å². The number of carbonyl (C=O) groups is 3. The number of fused-ring (bicyclic) bond motifs is 1. The number of nitrogens with zero attached hydrogens (tertiary/aromatic N) is 1. The van der Waals surface area contributed by atoms with Crippen LogP contribution < -0.4 is 20.1 Å². The lowest BCUT2D eigenvalue weighted by atomic mass is 9.94. The molecule has 0 saturated carbocycles. The first-order valence-electron chi connectivity index (χ1n) is 12.0. The van der Waals surface area contributed by atoms with E-state index in [0.29, 0.717) is 46.1 Å². The molecule has 9 nitrogen and oxygen atoms in total. The Hall–Kier alpha value is -4.01. The SMILES string of the molecule is CCCN1C(=O)N[C@H](c2ccc(NC(=O)c3ccc4c(c3)OCO4)cc2)C(C(=O)OCC(C)C)=C1C. The lowest BCUT2D eigenvalue weighted by Crippen LogP contribution is -2.48. The maximum atomic E-state index is 13.1. The smallest absolute Gasteiger partial charge is 0.338 e. The van der Waals surface area contributed by atoms with E-state index in [1.54, 1.807) is 54.3 Å². The quantitative estimate of drug-likeness (QED) is 0.520. The standard InChI is InChI=1S/C27H31N3O6/c1-5-12-30-17(4)23(26(32)34-14-16(2)3)24(29-27(30)33)18-6-9-20(10-7-18)28-25(31)19-8-11-21-22(13-19)36-15-35-21/h6-11,13,16,24H,5,12,14-15H2,1-4H3,(H,28,31)(H,29,33)/t24-/m1/s1. The molecular formula is C27H31N3O6. The molecule has 3 amide bonds. The molecule has 0 radical (unpaired) electrons. The molecule has 0 fully saturated rings. The van der Waals surface area contributed by atoms with Gasteiger partial charge in [-0.25, -0.2) is 9.59 Å². The molecule has 0 saturated heterocycles. The van der Waals surface area contributed by atoms with Crippen molar-refractivity contribution in [1.82, 2.24) is 10.2 Å². The van der Waals surface area contributed by atoms with Crippen molar-refractivity contribution < 1.29 is 28.6 Å². The summed E-state index contributed by atoms with van der Waals surface area (Å²) in [7, 11) is 0. The van der Waals surface area contributed by atoms with Crippen LogP contribution in [0.25, 0.3) is 0 Å². The Bertz CT molecular complexity index is 1190. The van der Waals surface area contributed by atoms with Gasteiger partial charge in [-0.3, -0.25) is 9.69 Å². The highest BCUT2D eigenvalue weighted by atomic mass is 16.7. The predicted octanol–water partition coefficient (Wildman–Crippen LogP) is 4.62. The van der Waals surface area contributed by atoms with Gasteiger partial charge in [-0.2, -0.15) is 0 Å². The second-order valence-corrected chi connectivity index (χ2v) is 9.17. The largest absolute Gasteiger partial charge is 0.462 e. The van der Waals surface area contributed by atoms with Crippen molar-refractivity contribution in [2.45, 2.75) is 40.2 Å². The van der Waals surface area contributed by atoms with Crippen LogP contribution in [0.3, 0.4) is 0 Å². The molecular weight excluding hydrogens is 462 g/mol. The topological polar surface area (TPSA) is 106 Å². The molecule has 2 aromatic rings. The molecule has 190 valence electrons. The van der Waals surface area contributed by atoms with E-state index in [1.165, 1.54) is 0 Å². The number of esters is 1. The number of allylic oxidation sites excluding steroid dienone is 1. The molecule has 2 aliphatic rings. The average Bonchev–Trinajstić information content (AvgIpc) is 3.33. The van der Waals surface area contributed by atoms with Crippen molar-refractivity contribution in [1.29, 1.82) is 0 Å². The van der Waals surface area contributed by atoms with Crippen LogP contribution in [0.4, 0.5) is 10.5 Å². The molecule has 2 aromatic carbocycles. The highest BCUT2D eigenvalue weighted by molar-refractivity contribution is 6.04. The van der Waals surface area contributed by atoms with Crippen LogP contribution in [0.2, 0.25) is 0 Å². The third kappa shape index (κ3) is 5.30. The summed E-state index contributed by atoms with van der Waals surface area (Å²) >= 11 is 0. The van der Waals surface area contributed by atoms with Gasteiger partial charge in [-0.1, -0.05) is 32.9 Å². The number of anilines is 1. The highest BCUT2D eigenvalue weighted by Gasteiger charge is 2.36. The number of nitrogens with one attached hydrogen (secondary N) is 2. The van der Waals surface area contributed by atoms with Gasteiger partial charge in [-0.05, 0) is 55.2 Å². The van der Waals surface area contributed by atoms with E-state index in [-0.39, 0.29) is 31.3 Å². The lowest BCUT2D eigenvalue weighted by molar-refractivity contribution is -0.140. The first-order valence-corrected chi connectivity index (χ1v) is 12.0. The molecule has 0 aromatic heterocycles. The molecule has 0 spiro atoms. The van der Waals surface area contributed by atoms with E-state index in [1.807, 2.05) is 20.8 Å². The minimum absolute atomic E-state index is 0.136. The van der Waals surface area contributed by atoms with Gasteiger partial charge in [0.05, 0.1) is 18.2 Å². The van der Waals surface area contributed by atoms with E-state index >= 15 is 0 Å².